The van der Waals surface area contributed by atoms with Gasteiger partial charge in [0, 0.05) is 40.6 Å². The summed E-state index contributed by atoms with van der Waals surface area (Å²) in [6.45, 7) is 1.18. The minimum Gasteiger partial charge on any atom is -0.370 e. The van der Waals surface area contributed by atoms with Crippen LogP contribution in [0.15, 0.2) is 71.3 Å². The third-order valence-electron chi connectivity index (χ3n) is 5.30. The molecule has 33 heavy (non-hydrogen) atoms. The van der Waals surface area contributed by atoms with Crippen molar-refractivity contribution in [2.45, 2.75) is 6.42 Å². The second kappa shape index (κ2) is 9.25. The number of benzene rings is 2. The fourth-order valence-corrected chi connectivity index (χ4v) is 4.25. The van der Waals surface area contributed by atoms with Crippen LogP contribution in [0, 0.1) is 0 Å². The number of fused-ring (bicyclic) bond motifs is 2. The van der Waals surface area contributed by atoms with Crippen LogP contribution in [0.3, 0.4) is 0 Å². The Morgan fingerprint density at radius 2 is 1.91 bits per heavy atom. The molecule has 0 unspecified atom stereocenters. The lowest BCUT2D eigenvalue weighted by molar-refractivity contribution is 0.0949. The largest absolute Gasteiger partial charge is 0.370 e. The number of nitrogens with zero attached hydrogens (tertiary/aromatic N) is 3. The van der Waals surface area contributed by atoms with Crippen molar-refractivity contribution in [3.05, 3.63) is 82.0 Å². The van der Waals surface area contributed by atoms with Crippen molar-refractivity contribution in [3.63, 3.8) is 0 Å². The molecule has 166 valence electrons. The van der Waals surface area contributed by atoms with Crippen LogP contribution >= 0.6 is 27.5 Å². The monoisotopic (exact) mass is 522 g/mol. The number of rotatable bonds is 7. The zero-order valence-corrected chi connectivity index (χ0v) is 19.8. The molecule has 0 radical (unpaired) electrons. The van der Waals surface area contributed by atoms with E-state index in [1.807, 2.05) is 60.7 Å². The van der Waals surface area contributed by atoms with Crippen LogP contribution in [0.5, 0.6) is 0 Å². The predicted octanol–water partition coefficient (Wildman–Crippen LogP) is 5.53. The van der Waals surface area contributed by atoms with E-state index in [0.29, 0.717) is 29.5 Å². The summed E-state index contributed by atoms with van der Waals surface area (Å²) < 4.78 is 2.54. The van der Waals surface area contributed by atoms with Crippen molar-refractivity contribution in [3.8, 4) is 11.3 Å². The highest BCUT2D eigenvalue weighted by Crippen LogP contribution is 2.30. The molecule has 0 spiro atoms. The average molecular weight is 524 g/mol. The van der Waals surface area contributed by atoms with Gasteiger partial charge in [0.25, 0.3) is 5.91 Å². The molecule has 5 aromatic rings. The maximum Gasteiger partial charge on any atom is 0.267 e. The summed E-state index contributed by atoms with van der Waals surface area (Å²) in [4.78, 5) is 20.3. The zero-order chi connectivity index (χ0) is 22.8. The first-order chi connectivity index (χ1) is 16.1. The number of para-hydroxylation sites is 1. The highest BCUT2D eigenvalue weighted by Gasteiger charge is 2.13. The standard InChI is InChI=1S/C24H20BrClN6O/c25-17-14-29-32-22(13-20(31-23(17)32)16-7-2-3-8-18(16)26)27-10-5-11-28-24(33)21-12-15-6-1-4-9-19(15)30-21/h1-4,6-9,12-14,27,30H,5,10-11H2,(H,28,33). The molecule has 0 aliphatic heterocycles. The van der Waals surface area contributed by atoms with E-state index in [4.69, 9.17) is 16.6 Å². The molecule has 0 saturated carbocycles. The lowest BCUT2D eigenvalue weighted by atomic mass is 10.1. The van der Waals surface area contributed by atoms with Gasteiger partial charge in [0.1, 0.15) is 11.5 Å². The van der Waals surface area contributed by atoms with Gasteiger partial charge in [-0.15, -0.1) is 0 Å². The number of carbonyl (C=O) groups excluding carboxylic acids is 1. The van der Waals surface area contributed by atoms with Gasteiger partial charge in [0.05, 0.1) is 16.4 Å². The van der Waals surface area contributed by atoms with E-state index in [-0.39, 0.29) is 5.91 Å². The number of aromatic nitrogens is 4. The first-order valence-electron chi connectivity index (χ1n) is 10.5. The van der Waals surface area contributed by atoms with Gasteiger partial charge in [-0.1, -0.05) is 48.0 Å². The van der Waals surface area contributed by atoms with Gasteiger partial charge in [-0.2, -0.15) is 9.61 Å². The molecule has 7 nitrogen and oxygen atoms in total. The van der Waals surface area contributed by atoms with E-state index >= 15 is 0 Å². The number of H-pyrrole nitrogens is 1. The SMILES string of the molecule is O=C(NCCCNc1cc(-c2ccccc2Cl)nc2c(Br)cnn12)c1cc2ccccc2[nH]1. The number of amides is 1. The molecule has 0 bridgehead atoms. The zero-order valence-electron chi connectivity index (χ0n) is 17.5. The van der Waals surface area contributed by atoms with E-state index < -0.39 is 0 Å². The number of aromatic amines is 1. The molecule has 0 saturated heterocycles. The minimum absolute atomic E-state index is 0.116. The molecule has 2 aromatic carbocycles. The minimum atomic E-state index is -0.116. The van der Waals surface area contributed by atoms with Crippen LogP contribution in [0.25, 0.3) is 27.8 Å². The summed E-state index contributed by atoms with van der Waals surface area (Å²) in [7, 11) is 0. The van der Waals surface area contributed by atoms with E-state index in [9.17, 15) is 4.79 Å². The van der Waals surface area contributed by atoms with Gasteiger partial charge in [0.2, 0.25) is 0 Å². The molecule has 0 aliphatic rings. The van der Waals surface area contributed by atoms with Gasteiger partial charge in [-0.3, -0.25) is 4.79 Å². The molecular formula is C24H20BrClN6O. The fraction of sp³-hybridized carbons (Fsp3) is 0.125. The van der Waals surface area contributed by atoms with Crippen LogP contribution in [-0.4, -0.2) is 38.6 Å². The van der Waals surface area contributed by atoms with Crippen molar-refractivity contribution >= 4 is 55.8 Å². The number of nitrogens with one attached hydrogen (secondary N) is 3. The van der Waals surface area contributed by atoms with Gasteiger partial charge in [-0.05, 0) is 40.5 Å². The molecule has 9 heteroatoms. The summed E-state index contributed by atoms with van der Waals surface area (Å²) in [5.74, 6) is 0.678. The van der Waals surface area contributed by atoms with Crippen LogP contribution < -0.4 is 10.6 Å². The maximum absolute atomic E-state index is 12.5. The highest BCUT2D eigenvalue weighted by atomic mass is 79.9. The van der Waals surface area contributed by atoms with Crippen molar-refractivity contribution in [2.24, 2.45) is 0 Å². The Labute approximate surface area is 203 Å². The van der Waals surface area contributed by atoms with E-state index in [1.165, 1.54) is 0 Å². The smallest absolute Gasteiger partial charge is 0.267 e. The fourth-order valence-electron chi connectivity index (χ4n) is 3.67. The van der Waals surface area contributed by atoms with E-state index in [0.717, 1.165) is 38.9 Å². The molecule has 5 rings (SSSR count). The Morgan fingerprint density at radius 1 is 1.09 bits per heavy atom. The van der Waals surface area contributed by atoms with E-state index in [2.05, 4.69) is 36.6 Å². The summed E-state index contributed by atoms with van der Waals surface area (Å²) >= 11 is 9.90. The molecule has 3 heterocycles. The van der Waals surface area contributed by atoms with Gasteiger partial charge >= 0.3 is 0 Å². The predicted molar refractivity (Wildman–Crippen MR) is 135 cm³/mol. The molecule has 3 N–H and O–H groups in total. The first kappa shape index (κ1) is 21.5. The Balaban J connectivity index is 1.25. The average Bonchev–Trinajstić information content (AvgIpc) is 3.43. The molecule has 3 aromatic heterocycles. The molecule has 1 amide bonds. The Morgan fingerprint density at radius 3 is 2.76 bits per heavy atom. The van der Waals surface area contributed by atoms with Gasteiger partial charge in [0.15, 0.2) is 5.65 Å². The van der Waals surface area contributed by atoms with Gasteiger partial charge in [-0.25, -0.2) is 4.98 Å². The van der Waals surface area contributed by atoms with E-state index in [1.54, 1.807) is 10.7 Å². The van der Waals surface area contributed by atoms with Crippen molar-refractivity contribution < 1.29 is 4.79 Å². The lowest BCUT2D eigenvalue weighted by Crippen LogP contribution is -2.26. The molecule has 0 aliphatic carbocycles. The second-order valence-electron chi connectivity index (χ2n) is 7.54. The summed E-state index contributed by atoms with van der Waals surface area (Å²) in [6.07, 6.45) is 2.45. The number of hydrogen-bond acceptors (Lipinski definition) is 4. The lowest BCUT2D eigenvalue weighted by Gasteiger charge is -2.12. The Kier molecular flexibility index (Phi) is 6.02. The Bertz CT molecular complexity index is 1430. The third kappa shape index (κ3) is 4.44. The summed E-state index contributed by atoms with van der Waals surface area (Å²) in [5, 5.41) is 12.4. The van der Waals surface area contributed by atoms with Crippen molar-refractivity contribution in [1.82, 2.24) is 24.9 Å². The third-order valence-corrected chi connectivity index (χ3v) is 6.19. The van der Waals surface area contributed by atoms with Crippen LogP contribution in [0.1, 0.15) is 16.9 Å². The van der Waals surface area contributed by atoms with Crippen LogP contribution in [-0.2, 0) is 0 Å². The number of hydrogen-bond donors (Lipinski definition) is 3. The van der Waals surface area contributed by atoms with Crippen LogP contribution in [0.2, 0.25) is 5.02 Å². The summed E-state index contributed by atoms with van der Waals surface area (Å²) in [6, 6.07) is 19.2. The highest BCUT2D eigenvalue weighted by molar-refractivity contribution is 9.10. The Hall–Kier alpha value is -3.36. The molecular weight excluding hydrogens is 504 g/mol. The number of halogens is 2. The first-order valence-corrected chi connectivity index (χ1v) is 11.7. The molecule has 0 fully saturated rings. The van der Waals surface area contributed by atoms with Crippen molar-refractivity contribution in [2.75, 3.05) is 18.4 Å². The quantitative estimate of drug-likeness (QED) is 0.245. The number of carbonyl (C=O) groups is 1. The van der Waals surface area contributed by atoms with Crippen LogP contribution in [0.4, 0.5) is 5.82 Å². The van der Waals surface area contributed by atoms with Gasteiger partial charge < -0.3 is 15.6 Å². The second-order valence-corrected chi connectivity index (χ2v) is 8.80. The number of anilines is 1. The maximum atomic E-state index is 12.5. The summed E-state index contributed by atoms with van der Waals surface area (Å²) in [5.41, 5.74) is 3.81. The normalized spacial score (nSPS) is 11.2. The molecule has 0 atom stereocenters. The topological polar surface area (TPSA) is 87.1 Å². The van der Waals surface area contributed by atoms with Crippen molar-refractivity contribution in [1.29, 1.82) is 0 Å².